The molecular formula is C28H20ClF3INO3S. The zero-order valence-corrected chi connectivity index (χ0v) is 23.3. The number of hydrogen-bond acceptors (Lipinski definition) is 3. The van der Waals surface area contributed by atoms with Crippen LogP contribution < -0.4 is 0 Å². The number of carbonyl (C=O) groups excluding carboxylic acids is 1. The van der Waals surface area contributed by atoms with E-state index in [2.05, 4.69) is 0 Å². The highest BCUT2D eigenvalue weighted by molar-refractivity contribution is 14.1. The normalized spacial score (nSPS) is 12.2. The minimum absolute atomic E-state index is 0.0367. The molecule has 0 saturated carbocycles. The maximum Gasteiger partial charge on any atom is 0.416 e. The highest BCUT2D eigenvalue weighted by Gasteiger charge is 2.33. The molecule has 4 rings (SSSR count). The van der Waals surface area contributed by atoms with Gasteiger partial charge in [-0.15, -0.1) is 11.3 Å². The van der Waals surface area contributed by atoms with Gasteiger partial charge in [-0.1, -0.05) is 54.1 Å². The van der Waals surface area contributed by atoms with E-state index < -0.39 is 29.7 Å². The SMILES string of the molecule is O=C(O)C(Cc1ccccc1)N(Cc1ccc(-c2cccc(C(F)(F)F)c2)s1)C(=O)c1ccc(Cl)cc1I. The van der Waals surface area contributed by atoms with Crippen molar-refractivity contribution >= 4 is 57.4 Å². The third-order valence-electron chi connectivity index (χ3n) is 5.82. The van der Waals surface area contributed by atoms with Crippen LogP contribution in [0.5, 0.6) is 0 Å². The van der Waals surface area contributed by atoms with Crippen molar-refractivity contribution in [2.45, 2.75) is 25.2 Å². The number of benzene rings is 3. The second-order valence-electron chi connectivity index (χ2n) is 8.45. The van der Waals surface area contributed by atoms with Gasteiger partial charge in [0.15, 0.2) is 0 Å². The maximum absolute atomic E-state index is 13.7. The van der Waals surface area contributed by atoms with Crippen LogP contribution in [0.2, 0.25) is 5.02 Å². The van der Waals surface area contributed by atoms with Crippen LogP contribution in [-0.2, 0) is 23.9 Å². The van der Waals surface area contributed by atoms with Crippen molar-refractivity contribution in [1.82, 2.24) is 4.90 Å². The molecule has 0 aliphatic rings. The summed E-state index contributed by atoms with van der Waals surface area (Å²) in [5.41, 5.74) is 0.691. The molecule has 10 heteroatoms. The summed E-state index contributed by atoms with van der Waals surface area (Å²) in [5.74, 6) is -1.65. The lowest BCUT2D eigenvalue weighted by Gasteiger charge is -2.29. The first kappa shape index (κ1) is 28.1. The molecule has 0 bridgehead atoms. The van der Waals surface area contributed by atoms with Gasteiger partial charge >= 0.3 is 12.1 Å². The number of amides is 1. The molecule has 1 N–H and O–H groups in total. The minimum atomic E-state index is -4.47. The number of alkyl halides is 3. The molecule has 0 aliphatic heterocycles. The quantitative estimate of drug-likeness (QED) is 0.193. The molecule has 196 valence electrons. The highest BCUT2D eigenvalue weighted by atomic mass is 127. The fourth-order valence-corrected chi connectivity index (χ4v) is 6.05. The van der Waals surface area contributed by atoms with Gasteiger partial charge in [0, 0.05) is 24.8 Å². The van der Waals surface area contributed by atoms with Crippen LogP contribution >= 0.6 is 45.5 Å². The van der Waals surface area contributed by atoms with Gasteiger partial charge in [0.25, 0.3) is 5.91 Å². The molecule has 4 nitrogen and oxygen atoms in total. The number of aliphatic carboxylic acids is 1. The van der Waals surface area contributed by atoms with Crippen LogP contribution in [0.1, 0.15) is 26.4 Å². The summed E-state index contributed by atoms with van der Waals surface area (Å²) in [6.07, 6.45) is -4.39. The molecule has 1 heterocycles. The van der Waals surface area contributed by atoms with Crippen LogP contribution in [-0.4, -0.2) is 27.9 Å². The van der Waals surface area contributed by atoms with Crippen molar-refractivity contribution in [2.24, 2.45) is 0 Å². The summed E-state index contributed by atoms with van der Waals surface area (Å²) >= 11 is 9.25. The molecule has 1 aromatic heterocycles. The van der Waals surface area contributed by atoms with E-state index in [9.17, 15) is 27.9 Å². The van der Waals surface area contributed by atoms with E-state index in [1.807, 2.05) is 28.7 Å². The summed E-state index contributed by atoms with van der Waals surface area (Å²) in [4.78, 5) is 28.7. The third-order valence-corrected chi connectivity index (χ3v) is 8.06. The Kier molecular flexibility index (Phi) is 8.79. The summed E-state index contributed by atoms with van der Waals surface area (Å²) in [7, 11) is 0. The summed E-state index contributed by atoms with van der Waals surface area (Å²) < 4.78 is 40.2. The molecule has 38 heavy (non-hydrogen) atoms. The van der Waals surface area contributed by atoms with Gasteiger partial charge in [0.05, 0.1) is 17.7 Å². The van der Waals surface area contributed by atoms with E-state index in [1.54, 1.807) is 60.7 Å². The molecular weight excluding hydrogens is 650 g/mol. The van der Waals surface area contributed by atoms with E-state index in [4.69, 9.17) is 11.6 Å². The van der Waals surface area contributed by atoms with Gasteiger partial charge in [0.2, 0.25) is 0 Å². The first-order valence-electron chi connectivity index (χ1n) is 11.3. The maximum atomic E-state index is 13.7. The van der Waals surface area contributed by atoms with Gasteiger partial charge in [-0.3, -0.25) is 4.79 Å². The lowest BCUT2D eigenvalue weighted by atomic mass is 10.0. The number of carboxylic acid groups (broad SMARTS) is 1. The monoisotopic (exact) mass is 669 g/mol. The number of hydrogen-bond donors (Lipinski definition) is 1. The third kappa shape index (κ3) is 6.75. The molecule has 1 amide bonds. The molecule has 4 aromatic rings. The largest absolute Gasteiger partial charge is 0.480 e. The lowest BCUT2D eigenvalue weighted by Crippen LogP contribution is -2.46. The van der Waals surface area contributed by atoms with Crippen molar-refractivity contribution in [3.8, 4) is 10.4 Å². The Morgan fingerprint density at radius 2 is 1.71 bits per heavy atom. The van der Waals surface area contributed by atoms with Gasteiger partial charge < -0.3 is 10.0 Å². The number of nitrogens with zero attached hydrogens (tertiary/aromatic N) is 1. The van der Waals surface area contributed by atoms with Crippen LogP contribution in [0.4, 0.5) is 13.2 Å². The molecule has 0 aliphatic carbocycles. The molecule has 0 spiro atoms. The topological polar surface area (TPSA) is 57.6 Å². The molecule has 0 fully saturated rings. The Morgan fingerprint density at radius 1 is 0.974 bits per heavy atom. The number of rotatable bonds is 8. The van der Waals surface area contributed by atoms with Crippen LogP contribution in [0.15, 0.2) is 84.9 Å². The number of halogens is 5. The van der Waals surface area contributed by atoms with Gasteiger partial charge in [-0.25, -0.2) is 4.79 Å². The number of carboxylic acids is 1. The van der Waals surface area contributed by atoms with Gasteiger partial charge in [0.1, 0.15) is 6.04 Å². The van der Waals surface area contributed by atoms with Crippen molar-refractivity contribution < 1.29 is 27.9 Å². The van der Waals surface area contributed by atoms with E-state index in [0.717, 1.165) is 17.7 Å². The predicted molar refractivity (Wildman–Crippen MR) is 150 cm³/mol. The Balaban J connectivity index is 1.70. The Hall–Kier alpha value is -2.89. The molecule has 0 saturated heterocycles. The van der Waals surface area contributed by atoms with Gasteiger partial charge in [-0.2, -0.15) is 13.2 Å². The molecule has 1 atom stereocenters. The van der Waals surface area contributed by atoms with E-state index in [-0.39, 0.29) is 13.0 Å². The minimum Gasteiger partial charge on any atom is -0.480 e. The first-order chi connectivity index (χ1) is 18.0. The predicted octanol–water partition coefficient (Wildman–Crippen LogP) is 8.03. The van der Waals surface area contributed by atoms with Crippen molar-refractivity contribution in [3.05, 3.63) is 115 Å². The highest BCUT2D eigenvalue weighted by Crippen LogP contribution is 2.35. The van der Waals surface area contributed by atoms with Crippen LogP contribution in [0.25, 0.3) is 10.4 Å². The van der Waals surface area contributed by atoms with Crippen LogP contribution in [0.3, 0.4) is 0 Å². The fourth-order valence-electron chi connectivity index (χ4n) is 3.94. The smallest absolute Gasteiger partial charge is 0.416 e. The van der Waals surface area contributed by atoms with Gasteiger partial charge in [-0.05, 0) is 76.2 Å². The van der Waals surface area contributed by atoms with Crippen molar-refractivity contribution in [3.63, 3.8) is 0 Å². The Labute approximate surface area is 239 Å². The standard InChI is InChI=1S/C28H20ClF3INO3S/c29-20-9-11-22(23(33)15-20)26(35)34(24(27(36)37)13-17-5-2-1-3-6-17)16-21-10-12-25(38-21)18-7-4-8-19(14-18)28(30,31)32/h1-12,14-15,24H,13,16H2,(H,36,37). The summed E-state index contributed by atoms with van der Waals surface area (Å²) in [6.45, 7) is -0.0367. The molecule has 3 aromatic carbocycles. The average molecular weight is 670 g/mol. The number of carbonyl (C=O) groups is 2. The van der Waals surface area contributed by atoms with E-state index >= 15 is 0 Å². The summed E-state index contributed by atoms with van der Waals surface area (Å²) in [6, 6.07) is 20.9. The zero-order valence-electron chi connectivity index (χ0n) is 19.6. The Bertz CT molecular complexity index is 1460. The van der Waals surface area contributed by atoms with Crippen molar-refractivity contribution in [1.29, 1.82) is 0 Å². The molecule has 0 radical (unpaired) electrons. The van der Waals surface area contributed by atoms with E-state index in [0.29, 0.717) is 29.5 Å². The van der Waals surface area contributed by atoms with E-state index in [1.165, 1.54) is 22.3 Å². The Morgan fingerprint density at radius 3 is 2.37 bits per heavy atom. The average Bonchev–Trinajstić information content (AvgIpc) is 3.34. The second-order valence-corrected chi connectivity index (χ2v) is 11.2. The van der Waals surface area contributed by atoms with Crippen LogP contribution in [0, 0.1) is 3.57 Å². The zero-order chi connectivity index (χ0) is 27.4. The lowest BCUT2D eigenvalue weighted by molar-refractivity contribution is -0.142. The second kappa shape index (κ2) is 11.9. The summed E-state index contributed by atoms with van der Waals surface area (Å²) in [5, 5.41) is 10.6. The fraction of sp³-hybridized carbons (Fsp3) is 0.143. The van der Waals surface area contributed by atoms with Crippen molar-refractivity contribution in [2.75, 3.05) is 0 Å². The molecule has 1 unspecified atom stereocenters. The first-order valence-corrected chi connectivity index (χ1v) is 13.6. The number of thiophene rings is 1.